The number of hydrogen-bond donors (Lipinski definition) is 2. The maximum absolute atomic E-state index is 13.4. The van der Waals surface area contributed by atoms with Crippen molar-refractivity contribution >= 4 is 28.4 Å². The minimum Gasteiger partial charge on any atom is -0.308 e. The molecule has 34 heavy (non-hydrogen) atoms. The van der Waals surface area contributed by atoms with Crippen molar-refractivity contribution in [3.05, 3.63) is 120 Å². The summed E-state index contributed by atoms with van der Waals surface area (Å²) in [5.41, 5.74) is 5.34. The molecule has 0 radical (unpaired) electrons. The zero-order chi connectivity index (χ0) is 23.5. The van der Waals surface area contributed by atoms with E-state index in [9.17, 15) is 9.59 Å². The van der Waals surface area contributed by atoms with Crippen LogP contribution in [-0.2, 0) is 4.79 Å². The first kappa shape index (κ1) is 21.3. The number of hydrogen-bond acceptors (Lipinski definition) is 3. The summed E-state index contributed by atoms with van der Waals surface area (Å²) in [5.74, 6) is -0.0569. The van der Waals surface area contributed by atoms with E-state index in [-0.39, 0.29) is 11.7 Å². The second-order valence-corrected chi connectivity index (χ2v) is 8.21. The van der Waals surface area contributed by atoms with E-state index in [2.05, 4.69) is 15.5 Å². The third kappa shape index (κ3) is 4.24. The fourth-order valence-corrected chi connectivity index (χ4v) is 4.17. The predicted octanol–water partition coefficient (Wildman–Crippen LogP) is 6.20. The van der Waals surface area contributed by atoms with Gasteiger partial charge >= 0.3 is 0 Å². The van der Waals surface area contributed by atoms with Crippen molar-refractivity contribution in [1.29, 1.82) is 0 Å². The van der Waals surface area contributed by atoms with Crippen LogP contribution in [0.3, 0.4) is 0 Å². The Hall–Kier alpha value is -4.51. The number of nitrogens with one attached hydrogen (secondary N) is 2. The molecule has 0 aliphatic rings. The third-order valence-corrected chi connectivity index (χ3v) is 5.96. The van der Waals surface area contributed by atoms with Gasteiger partial charge in [-0.25, -0.2) is 0 Å². The lowest BCUT2D eigenvalue weighted by Crippen LogP contribution is -2.22. The Labute approximate surface area is 197 Å². The van der Waals surface area contributed by atoms with Gasteiger partial charge in [0.15, 0.2) is 11.6 Å². The molecule has 5 nitrogen and oxygen atoms in total. The molecule has 1 heterocycles. The second kappa shape index (κ2) is 9.16. The molecule has 1 aromatic heterocycles. The number of nitrogens with zero attached hydrogens (tertiary/aromatic N) is 1. The Morgan fingerprint density at radius 2 is 1.35 bits per heavy atom. The van der Waals surface area contributed by atoms with Crippen LogP contribution in [-0.4, -0.2) is 21.9 Å². The maximum Gasteiger partial charge on any atom is 0.237 e. The average Bonchev–Trinajstić information content (AvgIpc) is 3.27. The molecule has 5 heteroatoms. The highest BCUT2D eigenvalue weighted by Gasteiger charge is 2.24. The number of anilines is 1. The number of aromatic amines is 1. The van der Waals surface area contributed by atoms with Gasteiger partial charge in [-0.1, -0.05) is 91.0 Å². The molecule has 5 aromatic rings. The van der Waals surface area contributed by atoms with Crippen molar-refractivity contribution in [1.82, 2.24) is 10.2 Å². The number of carbonyl (C=O) groups is 2. The zero-order valence-corrected chi connectivity index (χ0v) is 18.7. The number of ketones is 1. The van der Waals surface area contributed by atoms with Gasteiger partial charge in [0.05, 0.1) is 11.4 Å². The molecule has 4 aromatic carbocycles. The Kier molecular flexibility index (Phi) is 5.75. The van der Waals surface area contributed by atoms with Gasteiger partial charge in [0.2, 0.25) is 5.91 Å². The normalized spacial score (nSPS) is 11.0. The highest BCUT2D eigenvalue weighted by molar-refractivity contribution is 6.04. The SMILES string of the molecule is CC(=O)c1ccc(-c2ccc3c(NC(=O)C(c4ccccc4)c4ccccc4)n[nH]c3c2)cc1. The van der Waals surface area contributed by atoms with Crippen LogP contribution in [0.2, 0.25) is 0 Å². The Morgan fingerprint density at radius 1 is 0.765 bits per heavy atom. The first-order valence-corrected chi connectivity index (χ1v) is 11.1. The van der Waals surface area contributed by atoms with E-state index in [1.807, 2.05) is 103 Å². The molecule has 0 aliphatic carbocycles. The Balaban J connectivity index is 1.44. The number of carbonyl (C=O) groups excluding carboxylic acids is 2. The van der Waals surface area contributed by atoms with Crippen molar-refractivity contribution in [2.24, 2.45) is 0 Å². The summed E-state index contributed by atoms with van der Waals surface area (Å²) in [4.78, 5) is 25.0. The van der Waals surface area contributed by atoms with Crippen LogP contribution in [0.4, 0.5) is 5.82 Å². The Morgan fingerprint density at radius 3 is 1.94 bits per heavy atom. The van der Waals surface area contributed by atoms with Gasteiger partial charge in [0, 0.05) is 10.9 Å². The lowest BCUT2D eigenvalue weighted by Gasteiger charge is -2.17. The van der Waals surface area contributed by atoms with Crippen molar-refractivity contribution in [2.75, 3.05) is 5.32 Å². The molecule has 0 saturated carbocycles. The van der Waals surface area contributed by atoms with E-state index < -0.39 is 5.92 Å². The number of fused-ring (bicyclic) bond motifs is 1. The molecule has 0 aliphatic heterocycles. The summed E-state index contributed by atoms with van der Waals surface area (Å²) in [6.07, 6.45) is 0. The monoisotopic (exact) mass is 445 g/mol. The van der Waals surface area contributed by atoms with Gasteiger partial charge in [-0.15, -0.1) is 0 Å². The second-order valence-electron chi connectivity index (χ2n) is 8.21. The molecule has 0 spiro atoms. The van der Waals surface area contributed by atoms with E-state index >= 15 is 0 Å². The molecule has 5 rings (SSSR count). The number of benzene rings is 4. The molecule has 0 fully saturated rings. The molecule has 0 unspecified atom stereocenters. The Bertz CT molecular complexity index is 1420. The average molecular weight is 446 g/mol. The molecule has 0 bridgehead atoms. The molecule has 0 atom stereocenters. The summed E-state index contributed by atoms with van der Waals surface area (Å²) in [6, 6.07) is 32.9. The van der Waals surface area contributed by atoms with Gasteiger partial charge in [0.25, 0.3) is 0 Å². The van der Waals surface area contributed by atoms with E-state index in [0.717, 1.165) is 33.2 Å². The van der Waals surface area contributed by atoms with Crippen molar-refractivity contribution < 1.29 is 9.59 Å². The van der Waals surface area contributed by atoms with Crippen LogP contribution >= 0.6 is 0 Å². The van der Waals surface area contributed by atoms with Gasteiger partial charge in [-0.05, 0) is 41.3 Å². The smallest absolute Gasteiger partial charge is 0.237 e. The summed E-state index contributed by atoms with van der Waals surface area (Å²) >= 11 is 0. The quantitative estimate of drug-likeness (QED) is 0.306. The van der Waals surface area contributed by atoms with E-state index in [0.29, 0.717) is 11.4 Å². The fraction of sp³-hybridized carbons (Fsp3) is 0.0690. The fourth-order valence-electron chi connectivity index (χ4n) is 4.17. The molecular formula is C29H23N3O2. The first-order valence-electron chi connectivity index (χ1n) is 11.1. The predicted molar refractivity (Wildman–Crippen MR) is 135 cm³/mol. The van der Waals surface area contributed by atoms with E-state index in [1.54, 1.807) is 6.92 Å². The van der Waals surface area contributed by atoms with Crippen LogP contribution < -0.4 is 5.32 Å². The number of Topliss-reactive ketones (excluding diaryl/α,β-unsaturated/α-hetero) is 1. The van der Waals surface area contributed by atoms with Crippen LogP contribution in [0.5, 0.6) is 0 Å². The topological polar surface area (TPSA) is 74.8 Å². The van der Waals surface area contributed by atoms with Crippen molar-refractivity contribution in [2.45, 2.75) is 12.8 Å². The summed E-state index contributed by atoms with van der Waals surface area (Å²) in [7, 11) is 0. The van der Waals surface area contributed by atoms with E-state index in [4.69, 9.17) is 0 Å². The minimum absolute atomic E-state index is 0.0419. The third-order valence-electron chi connectivity index (χ3n) is 5.96. The van der Waals surface area contributed by atoms with Crippen molar-refractivity contribution in [3.8, 4) is 11.1 Å². The number of amides is 1. The molecule has 1 amide bonds. The van der Waals surface area contributed by atoms with Gasteiger partial charge in [-0.3, -0.25) is 14.7 Å². The van der Waals surface area contributed by atoms with Crippen LogP contribution in [0, 0.1) is 0 Å². The maximum atomic E-state index is 13.4. The first-order chi connectivity index (χ1) is 16.6. The van der Waals surface area contributed by atoms with Crippen LogP contribution in [0.1, 0.15) is 34.3 Å². The minimum atomic E-state index is -0.451. The molecule has 0 saturated heterocycles. The summed E-state index contributed by atoms with van der Waals surface area (Å²) in [6.45, 7) is 1.56. The lowest BCUT2D eigenvalue weighted by molar-refractivity contribution is -0.116. The van der Waals surface area contributed by atoms with Gasteiger partial charge in [0.1, 0.15) is 0 Å². The highest BCUT2D eigenvalue weighted by Crippen LogP contribution is 2.30. The van der Waals surface area contributed by atoms with Gasteiger partial charge < -0.3 is 5.32 Å². The van der Waals surface area contributed by atoms with E-state index in [1.165, 1.54) is 0 Å². The summed E-state index contributed by atoms with van der Waals surface area (Å²) in [5, 5.41) is 11.3. The van der Waals surface area contributed by atoms with Crippen molar-refractivity contribution in [3.63, 3.8) is 0 Å². The summed E-state index contributed by atoms with van der Waals surface area (Å²) < 4.78 is 0. The zero-order valence-electron chi connectivity index (χ0n) is 18.7. The molecule has 2 N–H and O–H groups in total. The highest BCUT2D eigenvalue weighted by atomic mass is 16.2. The molecular weight excluding hydrogens is 422 g/mol. The van der Waals surface area contributed by atoms with Crippen LogP contribution in [0.15, 0.2) is 103 Å². The lowest BCUT2D eigenvalue weighted by atomic mass is 9.90. The largest absolute Gasteiger partial charge is 0.308 e. The van der Waals surface area contributed by atoms with Crippen LogP contribution in [0.25, 0.3) is 22.0 Å². The number of rotatable bonds is 6. The standard InChI is InChI=1S/C29H23N3O2/c1-19(33)20-12-14-21(15-13-20)24-16-17-25-26(18-24)31-32-28(25)30-29(34)27(22-8-4-2-5-9-22)23-10-6-3-7-11-23/h2-18,27H,1H3,(H2,30,31,32,34). The molecule has 166 valence electrons. The van der Waals surface area contributed by atoms with Gasteiger partial charge in [-0.2, -0.15) is 5.10 Å². The number of H-pyrrole nitrogens is 1. The number of aromatic nitrogens is 2.